The number of hydrogen-bond acceptors (Lipinski definition) is 4. The fraction of sp³-hybridized carbons (Fsp3) is 0.682. The summed E-state index contributed by atoms with van der Waals surface area (Å²) in [6.07, 6.45) is 3.31. The Morgan fingerprint density at radius 3 is 2.41 bits per heavy atom. The fourth-order valence-electron chi connectivity index (χ4n) is 3.64. The number of unbranched alkanes of at least 4 members (excludes halogenated alkanes) is 1. The van der Waals surface area contributed by atoms with E-state index < -0.39 is 0 Å². The molecule has 0 aromatic heterocycles. The molecule has 1 aliphatic heterocycles. The lowest BCUT2D eigenvalue weighted by atomic mass is 10.1. The van der Waals surface area contributed by atoms with Crippen molar-refractivity contribution in [3.05, 3.63) is 29.3 Å². The van der Waals surface area contributed by atoms with Crippen molar-refractivity contribution in [1.82, 2.24) is 20.4 Å². The van der Waals surface area contributed by atoms with Gasteiger partial charge in [0.15, 0.2) is 5.96 Å². The van der Waals surface area contributed by atoms with Crippen LogP contribution in [0.3, 0.4) is 0 Å². The van der Waals surface area contributed by atoms with Crippen LogP contribution in [0.15, 0.2) is 23.2 Å². The summed E-state index contributed by atoms with van der Waals surface area (Å²) in [5.41, 5.74) is 2.49. The molecule has 0 spiro atoms. The maximum atomic E-state index is 5.46. The smallest absolute Gasteiger partial charge is 0.190 e. The van der Waals surface area contributed by atoms with Crippen LogP contribution >= 0.6 is 24.0 Å². The summed E-state index contributed by atoms with van der Waals surface area (Å²) in [7, 11) is 3.56. The van der Waals surface area contributed by atoms with Crippen molar-refractivity contribution in [2.45, 2.75) is 33.1 Å². The number of rotatable bonds is 10. The minimum atomic E-state index is 0. The Labute approximate surface area is 194 Å². The predicted molar refractivity (Wildman–Crippen MR) is 134 cm³/mol. The molecule has 0 saturated carbocycles. The number of methoxy groups -OCH3 is 1. The SMILES string of the molecule is CCN1CCN(CCCCNC(=NC)NCCc2cc(C)ccc2OC)CC1.I. The third-order valence-corrected chi connectivity index (χ3v) is 5.45. The number of piperazine rings is 1. The first-order chi connectivity index (χ1) is 13.7. The Hall–Kier alpha value is -1.06. The highest BCUT2D eigenvalue weighted by atomic mass is 127. The van der Waals surface area contributed by atoms with E-state index in [-0.39, 0.29) is 24.0 Å². The molecule has 1 heterocycles. The molecule has 6 nitrogen and oxygen atoms in total. The normalized spacial score (nSPS) is 15.7. The zero-order chi connectivity index (χ0) is 20.2. The van der Waals surface area contributed by atoms with Gasteiger partial charge >= 0.3 is 0 Å². The number of aryl methyl sites for hydroxylation is 1. The van der Waals surface area contributed by atoms with Crippen molar-refractivity contribution in [3.8, 4) is 5.75 Å². The number of nitrogens with zero attached hydrogens (tertiary/aromatic N) is 3. The van der Waals surface area contributed by atoms with Gasteiger partial charge in [0, 0.05) is 46.3 Å². The van der Waals surface area contributed by atoms with Gasteiger partial charge < -0.3 is 25.2 Å². The molecule has 1 fully saturated rings. The Morgan fingerprint density at radius 1 is 1.07 bits per heavy atom. The summed E-state index contributed by atoms with van der Waals surface area (Å²) < 4.78 is 5.46. The maximum Gasteiger partial charge on any atom is 0.190 e. The molecule has 2 rings (SSSR count). The van der Waals surface area contributed by atoms with Crippen LogP contribution in [0.5, 0.6) is 5.75 Å². The van der Waals surface area contributed by atoms with Crippen LogP contribution in [0.2, 0.25) is 0 Å². The Kier molecular flexibility index (Phi) is 13.3. The predicted octanol–water partition coefficient (Wildman–Crippen LogP) is 2.75. The molecule has 1 aromatic rings. The highest BCUT2D eigenvalue weighted by molar-refractivity contribution is 14.0. The molecule has 2 N–H and O–H groups in total. The molecular formula is C22H40IN5O. The monoisotopic (exact) mass is 517 g/mol. The second-order valence-electron chi connectivity index (χ2n) is 7.47. The van der Waals surface area contributed by atoms with Gasteiger partial charge in [0.2, 0.25) is 0 Å². The summed E-state index contributed by atoms with van der Waals surface area (Å²) in [6, 6.07) is 6.32. The molecule has 0 amide bonds. The molecule has 0 atom stereocenters. The largest absolute Gasteiger partial charge is 0.496 e. The first kappa shape index (κ1) is 26.0. The minimum Gasteiger partial charge on any atom is -0.496 e. The van der Waals surface area contributed by atoms with E-state index in [1.807, 2.05) is 13.1 Å². The van der Waals surface area contributed by atoms with Gasteiger partial charge in [-0.25, -0.2) is 0 Å². The molecule has 1 saturated heterocycles. The molecular weight excluding hydrogens is 477 g/mol. The maximum absolute atomic E-state index is 5.46. The van der Waals surface area contributed by atoms with Crippen LogP contribution in [-0.2, 0) is 6.42 Å². The number of hydrogen-bond donors (Lipinski definition) is 2. The molecule has 0 radical (unpaired) electrons. The van der Waals surface area contributed by atoms with Crippen molar-refractivity contribution >= 4 is 29.9 Å². The summed E-state index contributed by atoms with van der Waals surface area (Å²) in [5, 5.41) is 6.84. The van der Waals surface area contributed by atoms with Crippen LogP contribution in [0, 0.1) is 6.92 Å². The number of nitrogens with one attached hydrogen (secondary N) is 2. The van der Waals surface area contributed by atoms with Crippen molar-refractivity contribution in [2.24, 2.45) is 4.99 Å². The van der Waals surface area contributed by atoms with Gasteiger partial charge in [0.05, 0.1) is 7.11 Å². The molecule has 29 heavy (non-hydrogen) atoms. The van der Waals surface area contributed by atoms with Gasteiger partial charge in [0.1, 0.15) is 5.75 Å². The fourth-order valence-corrected chi connectivity index (χ4v) is 3.64. The molecule has 7 heteroatoms. The van der Waals surface area contributed by atoms with Gasteiger partial charge in [0.25, 0.3) is 0 Å². The number of guanidine groups is 1. The molecule has 1 aromatic carbocycles. The van der Waals surface area contributed by atoms with Crippen molar-refractivity contribution < 1.29 is 4.74 Å². The van der Waals surface area contributed by atoms with Crippen molar-refractivity contribution in [1.29, 1.82) is 0 Å². The number of ether oxygens (including phenoxy) is 1. The van der Waals surface area contributed by atoms with Crippen LogP contribution in [-0.4, -0.2) is 82.3 Å². The van der Waals surface area contributed by atoms with E-state index in [4.69, 9.17) is 4.74 Å². The third kappa shape index (κ3) is 9.53. The van der Waals surface area contributed by atoms with Crippen molar-refractivity contribution in [3.63, 3.8) is 0 Å². The lowest BCUT2D eigenvalue weighted by molar-refractivity contribution is 0.136. The van der Waals surface area contributed by atoms with E-state index in [2.05, 4.69) is 51.4 Å². The van der Waals surface area contributed by atoms with E-state index in [0.29, 0.717) is 0 Å². The summed E-state index contributed by atoms with van der Waals surface area (Å²) in [5.74, 6) is 1.83. The van der Waals surface area contributed by atoms with Crippen molar-refractivity contribution in [2.75, 3.05) is 66.5 Å². The Balaban J connectivity index is 0.00000420. The molecule has 1 aliphatic rings. The van der Waals surface area contributed by atoms with Crippen LogP contribution < -0.4 is 15.4 Å². The number of aliphatic imine (C=N–C) groups is 1. The first-order valence-electron chi connectivity index (χ1n) is 10.7. The van der Waals surface area contributed by atoms with E-state index >= 15 is 0 Å². The summed E-state index contributed by atoms with van der Waals surface area (Å²) in [4.78, 5) is 9.45. The van der Waals surface area contributed by atoms with Crippen LogP contribution in [0.1, 0.15) is 30.9 Å². The second-order valence-corrected chi connectivity index (χ2v) is 7.47. The molecule has 166 valence electrons. The quantitative estimate of drug-likeness (QED) is 0.217. The van der Waals surface area contributed by atoms with Gasteiger partial charge in [-0.1, -0.05) is 24.6 Å². The second kappa shape index (κ2) is 14.8. The standard InChI is InChI=1S/C22H39N5O.HI/c1-5-26-14-16-27(17-15-26)13-7-6-11-24-22(23-3)25-12-10-20-18-19(2)8-9-21(20)28-4;/h8-9,18H,5-7,10-17H2,1-4H3,(H2,23,24,25);1H. The third-order valence-electron chi connectivity index (χ3n) is 5.45. The van der Waals surface area contributed by atoms with E-state index in [1.165, 1.54) is 63.2 Å². The summed E-state index contributed by atoms with van der Waals surface area (Å²) in [6.45, 7) is 13.4. The van der Waals surface area contributed by atoms with Gasteiger partial charge in [-0.15, -0.1) is 24.0 Å². The lowest BCUT2D eigenvalue weighted by Crippen LogP contribution is -2.46. The summed E-state index contributed by atoms with van der Waals surface area (Å²) >= 11 is 0. The molecule has 0 bridgehead atoms. The minimum absolute atomic E-state index is 0. The molecule has 0 unspecified atom stereocenters. The van der Waals surface area contributed by atoms with Gasteiger partial charge in [-0.2, -0.15) is 0 Å². The topological polar surface area (TPSA) is 52.1 Å². The van der Waals surface area contributed by atoms with Gasteiger partial charge in [-0.3, -0.25) is 4.99 Å². The molecule has 0 aliphatic carbocycles. The Morgan fingerprint density at radius 2 is 1.76 bits per heavy atom. The highest BCUT2D eigenvalue weighted by Gasteiger charge is 2.14. The van der Waals surface area contributed by atoms with E-state index in [0.717, 1.165) is 31.2 Å². The highest BCUT2D eigenvalue weighted by Crippen LogP contribution is 2.19. The number of benzene rings is 1. The first-order valence-corrected chi connectivity index (χ1v) is 10.7. The Bertz CT molecular complexity index is 603. The van der Waals surface area contributed by atoms with E-state index in [1.54, 1.807) is 7.11 Å². The van der Waals surface area contributed by atoms with Crippen LogP contribution in [0.25, 0.3) is 0 Å². The van der Waals surface area contributed by atoms with Gasteiger partial charge in [-0.05, 0) is 50.9 Å². The number of halogens is 1. The zero-order valence-corrected chi connectivity index (χ0v) is 21.0. The zero-order valence-electron chi connectivity index (χ0n) is 18.7. The average Bonchev–Trinajstić information content (AvgIpc) is 2.72. The van der Waals surface area contributed by atoms with Crippen LogP contribution in [0.4, 0.5) is 0 Å². The average molecular weight is 518 g/mol. The number of likely N-dealkylation sites (N-methyl/N-ethyl adjacent to an activating group) is 1. The van der Waals surface area contributed by atoms with E-state index in [9.17, 15) is 0 Å². The lowest BCUT2D eigenvalue weighted by Gasteiger charge is -2.34.